The Morgan fingerprint density at radius 2 is 1.59 bits per heavy atom. The number of hydrogen-bond acceptors (Lipinski definition) is 2. The zero-order chi connectivity index (χ0) is 17.8. The van der Waals surface area contributed by atoms with Gasteiger partial charge in [-0.1, -0.05) is 69.4 Å². The molecule has 0 atom stereocenters. The first-order valence-corrected chi connectivity index (χ1v) is 10.3. The van der Waals surface area contributed by atoms with Crippen molar-refractivity contribution in [3.8, 4) is 11.1 Å². The van der Waals surface area contributed by atoms with Gasteiger partial charge in [-0.15, -0.1) is 24.0 Å². The number of fused-ring (bicyclic) bond motifs is 3. The van der Waals surface area contributed by atoms with Crippen molar-refractivity contribution in [2.24, 2.45) is 0 Å². The Hall–Kier alpha value is -1.49. The van der Waals surface area contributed by atoms with Gasteiger partial charge in [0, 0.05) is 24.6 Å². The summed E-state index contributed by atoms with van der Waals surface area (Å²) in [4.78, 5) is 4.82. The van der Waals surface area contributed by atoms with Crippen LogP contribution in [0.25, 0.3) is 11.1 Å². The van der Waals surface area contributed by atoms with Gasteiger partial charge in [0.05, 0.1) is 6.67 Å². The Morgan fingerprint density at radius 3 is 2.48 bits per heavy atom. The monoisotopic (exact) mass is 474 g/mol. The lowest BCUT2D eigenvalue weighted by Gasteiger charge is -2.22. The number of nitrogens with zero attached hydrogens (tertiary/aromatic N) is 2. The summed E-state index contributed by atoms with van der Waals surface area (Å²) < 4.78 is 0. The van der Waals surface area contributed by atoms with Crippen molar-refractivity contribution in [3.63, 3.8) is 0 Å². The minimum Gasteiger partial charge on any atom is -0.358 e. The van der Waals surface area contributed by atoms with Gasteiger partial charge in [-0.05, 0) is 47.2 Å². The zero-order valence-electron chi connectivity index (χ0n) is 16.4. The Labute approximate surface area is 181 Å². The van der Waals surface area contributed by atoms with Crippen LogP contribution < -0.4 is 4.90 Å². The molecule has 0 saturated carbocycles. The molecule has 2 nitrogen and oxygen atoms in total. The van der Waals surface area contributed by atoms with Gasteiger partial charge in [0.15, 0.2) is 0 Å². The maximum atomic E-state index is 2.45. The van der Waals surface area contributed by atoms with E-state index >= 15 is 0 Å². The van der Waals surface area contributed by atoms with Gasteiger partial charge < -0.3 is 9.80 Å². The lowest BCUT2D eigenvalue weighted by atomic mass is 10.1. The van der Waals surface area contributed by atoms with Gasteiger partial charge in [-0.3, -0.25) is 0 Å². The molecule has 1 aliphatic carbocycles. The molecule has 0 spiro atoms. The smallest absolute Gasteiger partial charge is 0.0941 e. The maximum Gasteiger partial charge on any atom is 0.0941 e. The van der Waals surface area contributed by atoms with E-state index in [1.807, 2.05) is 0 Å². The highest BCUT2D eigenvalue weighted by Crippen LogP contribution is 2.38. The molecule has 0 unspecified atom stereocenters. The van der Waals surface area contributed by atoms with Crippen LogP contribution in [0.1, 0.15) is 56.6 Å². The number of benzene rings is 2. The standard InChI is InChI=1S/C24H30N2.HI/c1-2-3-4-5-6-9-14-25-15-16-26(19-25)22-12-13-24-21(18-22)17-20-10-7-8-11-23(20)24;/h7-8,10-13,15-16,18H,2-6,9,14,17,19H2,1H3;1H. The van der Waals surface area contributed by atoms with E-state index in [9.17, 15) is 0 Å². The lowest BCUT2D eigenvalue weighted by Crippen LogP contribution is -2.25. The normalized spacial score (nSPS) is 14.3. The summed E-state index contributed by atoms with van der Waals surface area (Å²) in [6.45, 7) is 4.44. The van der Waals surface area contributed by atoms with Gasteiger partial charge in [0.25, 0.3) is 0 Å². The quantitative estimate of drug-likeness (QED) is 0.262. The summed E-state index contributed by atoms with van der Waals surface area (Å²) in [7, 11) is 0. The predicted molar refractivity (Wildman–Crippen MR) is 127 cm³/mol. The van der Waals surface area contributed by atoms with E-state index in [1.165, 1.54) is 73.0 Å². The molecule has 4 rings (SSSR count). The van der Waals surface area contributed by atoms with Crippen molar-refractivity contribution >= 4 is 29.7 Å². The molecule has 144 valence electrons. The van der Waals surface area contributed by atoms with Crippen molar-refractivity contribution in [2.45, 2.75) is 51.9 Å². The van der Waals surface area contributed by atoms with E-state index in [-0.39, 0.29) is 24.0 Å². The third-order valence-electron chi connectivity index (χ3n) is 5.70. The van der Waals surface area contributed by atoms with Crippen molar-refractivity contribution in [1.29, 1.82) is 0 Å². The van der Waals surface area contributed by atoms with E-state index in [0.29, 0.717) is 0 Å². The molecule has 0 bridgehead atoms. The molecule has 27 heavy (non-hydrogen) atoms. The van der Waals surface area contributed by atoms with E-state index in [1.54, 1.807) is 0 Å². The molecule has 0 N–H and O–H groups in total. The highest BCUT2D eigenvalue weighted by atomic mass is 127. The SMILES string of the molecule is CCCCCCCCN1C=CN(c2ccc3c(c2)Cc2ccccc2-3)C1.I. The van der Waals surface area contributed by atoms with Crippen LogP contribution in [0.15, 0.2) is 54.9 Å². The van der Waals surface area contributed by atoms with Crippen LogP contribution in [-0.2, 0) is 6.42 Å². The fourth-order valence-corrected chi connectivity index (χ4v) is 4.18. The van der Waals surface area contributed by atoms with Crippen molar-refractivity contribution in [1.82, 2.24) is 4.90 Å². The zero-order valence-corrected chi connectivity index (χ0v) is 18.7. The summed E-state index contributed by atoms with van der Waals surface area (Å²) in [5.41, 5.74) is 7.07. The summed E-state index contributed by atoms with van der Waals surface area (Å²) in [6, 6.07) is 15.8. The first-order chi connectivity index (χ1) is 12.8. The topological polar surface area (TPSA) is 6.48 Å². The highest BCUT2D eigenvalue weighted by Gasteiger charge is 2.20. The van der Waals surface area contributed by atoms with Gasteiger partial charge in [0.2, 0.25) is 0 Å². The van der Waals surface area contributed by atoms with E-state index < -0.39 is 0 Å². The molecule has 1 heterocycles. The second-order valence-corrected chi connectivity index (χ2v) is 7.66. The fraction of sp³-hybridized carbons (Fsp3) is 0.417. The minimum absolute atomic E-state index is 0. The molecule has 0 radical (unpaired) electrons. The van der Waals surface area contributed by atoms with Gasteiger partial charge >= 0.3 is 0 Å². The Morgan fingerprint density at radius 1 is 0.815 bits per heavy atom. The number of hydrogen-bond donors (Lipinski definition) is 0. The average Bonchev–Trinajstić information content (AvgIpc) is 3.28. The average molecular weight is 474 g/mol. The van der Waals surface area contributed by atoms with Crippen molar-refractivity contribution in [2.75, 3.05) is 18.1 Å². The van der Waals surface area contributed by atoms with Crippen LogP contribution in [0.5, 0.6) is 0 Å². The molecule has 2 aromatic rings. The van der Waals surface area contributed by atoms with Crippen molar-refractivity contribution in [3.05, 3.63) is 66.0 Å². The second-order valence-electron chi connectivity index (χ2n) is 7.66. The Kier molecular flexibility index (Phi) is 7.22. The Balaban J connectivity index is 0.00000210. The maximum absolute atomic E-state index is 2.45. The molecule has 0 aromatic heterocycles. The Bertz CT molecular complexity index is 784. The highest BCUT2D eigenvalue weighted by molar-refractivity contribution is 14.0. The molecule has 0 saturated heterocycles. The third-order valence-corrected chi connectivity index (χ3v) is 5.70. The van der Waals surface area contributed by atoms with Gasteiger partial charge in [0.1, 0.15) is 0 Å². The molecule has 2 aliphatic rings. The largest absolute Gasteiger partial charge is 0.358 e. The van der Waals surface area contributed by atoms with Crippen LogP contribution in [0, 0.1) is 0 Å². The van der Waals surface area contributed by atoms with Crippen LogP contribution in [-0.4, -0.2) is 18.1 Å². The number of anilines is 1. The summed E-state index contributed by atoms with van der Waals surface area (Å²) >= 11 is 0. The fourth-order valence-electron chi connectivity index (χ4n) is 4.18. The molecule has 0 fully saturated rings. The van der Waals surface area contributed by atoms with Crippen LogP contribution in [0.4, 0.5) is 5.69 Å². The summed E-state index contributed by atoms with van der Waals surface area (Å²) in [5.74, 6) is 0. The number of unbranched alkanes of at least 4 members (excludes halogenated alkanes) is 5. The molecular formula is C24H31IN2. The van der Waals surface area contributed by atoms with Gasteiger partial charge in [-0.25, -0.2) is 0 Å². The predicted octanol–water partition coefficient (Wildman–Crippen LogP) is 6.79. The van der Waals surface area contributed by atoms with Crippen molar-refractivity contribution < 1.29 is 0 Å². The van der Waals surface area contributed by atoms with E-state index in [2.05, 4.69) is 71.6 Å². The number of halogens is 1. The number of rotatable bonds is 8. The van der Waals surface area contributed by atoms with E-state index in [4.69, 9.17) is 0 Å². The second kappa shape index (κ2) is 9.63. The molecule has 1 aliphatic heterocycles. The molecule has 3 heteroatoms. The van der Waals surface area contributed by atoms with Gasteiger partial charge in [-0.2, -0.15) is 0 Å². The first-order valence-electron chi connectivity index (χ1n) is 10.3. The molecule has 0 amide bonds. The summed E-state index contributed by atoms with van der Waals surface area (Å²) in [5, 5.41) is 0. The first kappa shape index (κ1) is 20.2. The lowest BCUT2D eigenvalue weighted by molar-refractivity contribution is 0.388. The van der Waals surface area contributed by atoms with Crippen LogP contribution in [0.3, 0.4) is 0 Å². The van der Waals surface area contributed by atoms with Crippen LogP contribution in [0.2, 0.25) is 0 Å². The third kappa shape index (κ3) is 4.68. The molecule has 2 aromatic carbocycles. The van der Waals surface area contributed by atoms with E-state index in [0.717, 1.165) is 13.1 Å². The minimum atomic E-state index is 0. The molecular weight excluding hydrogens is 443 g/mol. The van der Waals surface area contributed by atoms with Crippen LogP contribution >= 0.6 is 24.0 Å². The summed E-state index contributed by atoms with van der Waals surface area (Å²) in [6.07, 6.45) is 13.7.